The zero-order valence-electron chi connectivity index (χ0n) is 17.8. The van der Waals surface area contributed by atoms with Gasteiger partial charge in [0.1, 0.15) is 12.1 Å². The molecular formula is C23H27N5O2S. The van der Waals surface area contributed by atoms with E-state index >= 15 is 0 Å². The molecule has 2 heterocycles. The van der Waals surface area contributed by atoms with Crippen molar-refractivity contribution in [2.75, 3.05) is 33.3 Å². The maximum atomic E-state index is 13.1. The van der Waals surface area contributed by atoms with E-state index in [1.165, 1.54) is 17.3 Å². The summed E-state index contributed by atoms with van der Waals surface area (Å²) in [5.74, 6) is 0.872. The third kappa shape index (κ3) is 5.08. The molecule has 8 heteroatoms. The minimum absolute atomic E-state index is 0.138. The van der Waals surface area contributed by atoms with Crippen LogP contribution in [0.2, 0.25) is 0 Å². The number of benzene rings is 2. The smallest absolute Gasteiger partial charge is 0.235 e. The minimum Gasteiger partial charge on any atom is -0.495 e. The highest BCUT2D eigenvalue weighted by molar-refractivity contribution is 8.00. The molecule has 4 rings (SSSR count). The van der Waals surface area contributed by atoms with E-state index in [1.807, 2.05) is 46.7 Å². The Bertz CT molecular complexity index is 1000. The molecule has 0 saturated carbocycles. The lowest BCUT2D eigenvalue weighted by Crippen LogP contribution is -2.50. The fraction of sp³-hybridized carbons (Fsp3) is 0.348. The molecule has 0 unspecified atom stereocenters. The van der Waals surface area contributed by atoms with Crippen molar-refractivity contribution < 1.29 is 9.53 Å². The van der Waals surface area contributed by atoms with Crippen LogP contribution in [0.25, 0.3) is 5.69 Å². The van der Waals surface area contributed by atoms with Crippen molar-refractivity contribution in [3.05, 3.63) is 66.5 Å². The topological polar surface area (TPSA) is 63.5 Å². The summed E-state index contributed by atoms with van der Waals surface area (Å²) in [5.41, 5.74) is 2.16. The summed E-state index contributed by atoms with van der Waals surface area (Å²) in [6, 6.07) is 18.2. The predicted molar refractivity (Wildman–Crippen MR) is 122 cm³/mol. The summed E-state index contributed by atoms with van der Waals surface area (Å²) < 4.78 is 7.33. The molecule has 1 saturated heterocycles. The quantitative estimate of drug-likeness (QED) is 0.530. The lowest BCUT2D eigenvalue weighted by Gasteiger charge is -2.35. The molecule has 162 valence electrons. The number of para-hydroxylation sites is 2. The van der Waals surface area contributed by atoms with Crippen LogP contribution >= 0.6 is 11.8 Å². The molecule has 31 heavy (non-hydrogen) atoms. The molecule has 1 aliphatic heterocycles. The predicted octanol–water partition coefficient (Wildman–Crippen LogP) is 3.10. The van der Waals surface area contributed by atoms with Gasteiger partial charge in [-0.25, -0.2) is 0 Å². The fourth-order valence-corrected chi connectivity index (χ4v) is 4.65. The molecule has 0 aliphatic carbocycles. The number of ether oxygens (including phenoxy) is 1. The highest BCUT2D eigenvalue weighted by atomic mass is 32.2. The van der Waals surface area contributed by atoms with Gasteiger partial charge in [-0.2, -0.15) is 0 Å². The fourth-order valence-electron chi connectivity index (χ4n) is 3.73. The van der Waals surface area contributed by atoms with Gasteiger partial charge in [0.15, 0.2) is 5.16 Å². The number of piperazine rings is 1. The van der Waals surface area contributed by atoms with E-state index < -0.39 is 0 Å². The first kappa shape index (κ1) is 21.4. The third-order valence-corrected chi connectivity index (χ3v) is 6.47. The molecular weight excluding hydrogens is 410 g/mol. The summed E-state index contributed by atoms with van der Waals surface area (Å²) in [7, 11) is 1.64. The second-order valence-corrected chi connectivity index (χ2v) is 8.81. The standard InChI is InChI=1S/C23H27N5O2S/c1-18(31-23-25-24-17-28(23)20-10-6-7-11-21(20)30-2)22(29)27-14-12-26(13-15-27)16-19-8-4-3-5-9-19/h3-11,17-18H,12-16H2,1-2H3/t18-/m0/s1. The summed E-state index contributed by atoms with van der Waals surface area (Å²) in [4.78, 5) is 17.4. The van der Waals surface area contributed by atoms with Gasteiger partial charge in [-0.05, 0) is 24.6 Å². The number of rotatable bonds is 7. The molecule has 1 atom stereocenters. The van der Waals surface area contributed by atoms with Crippen molar-refractivity contribution in [1.29, 1.82) is 0 Å². The lowest BCUT2D eigenvalue weighted by molar-refractivity contribution is -0.132. The van der Waals surface area contributed by atoms with E-state index in [0.717, 1.165) is 44.2 Å². The normalized spacial score (nSPS) is 15.6. The number of hydrogen-bond acceptors (Lipinski definition) is 6. The number of amides is 1. The highest BCUT2D eigenvalue weighted by Gasteiger charge is 2.27. The van der Waals surface area contributed by atoms with E-state index in [9.17, 15) is 4.79 Å². The molecule has 0 N–H and O–H groups in total. The molecule has 7 nitrogen and oxygen atoms in total. The van der Waals surface area contributed by atoms with Crippen LogP contribution in [0.1, 0.15) is 12.5 Å². The molecule has 2 aromatic carbocycles. The van der Waals surface area contributed by atoms with Gasteiger partial charge in [0.05, 0.1) is 18.0 Å². The van der Waals surface area contributed by atoms with Gasteiger partial charge in [0, 0.05) is 32.7 Å². The summed E-state index contributed by atoms with van der Waals surface area (Å²) in [6.45, 7) is 6.12. The first-order valence-corrected chi connectivity index (χ1v) is 11.3. The molecule has 0 spiro atoms. The number of thioether (sulfide) groups is 1. The highest BCUT2D eigenvalue weighted by Crippen LogP contribution is 2.29. The number of carbonyl (C=O) groups excluding carboxylic acids is 1. The van der Waals surface area contributed by atoms with Crippen molar-refractivity contribution in [2.45, 2.75) is 23.9 Å². The minimum atomic E-state index is -0.252. The maximum Gasteiger partial charge on any atom is 0.235 e. The van der Waals surface area contributed by atoms with Crippen LogP contribution in [-0.4, -0.2) is 69.0 Å². The molecule has 1 aromatic heterocycles. The lowest BCUT2D eigenvalue weighted by atomic mass is 10.2. The van der Waals surface area contributed by atoms with Crippen LogP contribution in [-0.2, 0) is 11.3 Å². The Morgan fingerprint density at radius 1 is 1.06 bits per heavy atom. The SMILES string of the molecule is COc1ccccc1-n1cnnc1S[C@@H](C)C(=O)N1CCN(Cc2ccccc2)CC1. The van der Waals surface area contributed by atoms with Gasteiger partial charge in [-0.1, -0.05) is 54.2 Å². The Labute approximate surface area is 187 Å². The zero-order valence-corrected chi connectivity index (χ0v) is 18.7. The summed E-state index contributed by atoms with van der Waals surface area (Å²) in [6.07, 6.45) is 1.65. The Balaban J connectivity index is 1.35. The second-order valence-electron chi connectivity index (χ2n) is 7.50. The first-order chi connectivity index (χ1) is 15.2. The first-order valence-electron chi connectivity index (χ1n) is 10.4. The van der Waals surface area contributed by atoms with Gasteiger partial charge < -0.3 is 9.64 Å². The summed E-state index contributed by atoms with van der Waals surface area (Å²) in [5, 5.41) is 8.71. The van der Waals surface area contributed by atoms with Crippen LogP contribution in [0.4, 0.5) is 0 Å². The van der Waals surface area contributed by atoms with Crippen molar-refractivity contribution in [1.82, 2.24) is 24.6 Å². The Kier molecular flexibility index (Phi) is 6.89. The molecule has 1 aliphatic rings. The van der Waals surface area contributed by atoms with E-state index in [4.69, 9.17) is 4.74 Å². The van der Waals surface area contributed by atoms with Gasteiger partial charge in [-0.3, -0.25) is 14.3 Å². The van der Waals surface area contributed by atoms with Crippen LogP contribution in [0.15, 0.2) is 66.1 Å². The van der Waals surface area contributed by atoms with E-state index in [1.54, 1.807) is 13.4 Å². The van der Waals surface area contributed by atoms with Crippen LogP contribution < -0.4 is 4.74 Å². The molecule has 1 fully saturated rings. The van der Waals surface area contributed by atoms with E-state index in [2.05, 4.69) is 39.4 Å². The number of carbonyl (C=O) groups is 1. The Morgan fingerprint density at radius 2 is 1.77 bits per heavy atom. The van der Waals surface area contributed by atoms with Crippen LogP contribution in [0.5, 0.6) is 5.75 Å². The van der Waals surface area contributed by atoms with E-state index in [-0.39, 0.29) is 11.2 Å². The number of aromatic nitrogens is 3. The van der Waals surface area contributed by atoms with Crippen molar-refractivity contribution in [2.24, 2.45) is 0 Å². The van der Waals surface area contributed by atoms with Gasteiger partial charge in [0.2, 0.25) is 5.91 Å². The number of methoxy groups -OCH3 is 1. The Hall–Kier alpha value is -2.84. The molecule has 0 bridgehead atoms. The summed E-state index contributed by atoms with van der Waals surface area (Å²) >= 11 is 1.43. The van der Waals surface area contributed by atoms with E-state index in [0.29, 0.717) is 5.16 Å². The zero-order chi connectivity index (χ0) is 21.6. The second kappa shape index (κ2) is 9.98. The monoisotopic (exact) mass is 437 g/mol. The molecule has 0 radical (unpaired) electrons. The third-order valence-electron chi connectivity index (χ3n) is 5.42. The van der Waals surface area contributed by atoms with Crippen molar-refractivity contribution in [3.63, 3.8) is 0 Å². The van der Waals surface area contributed by atoms with Crippen molar-refractivity contribution in [3.8, 4) is 11.4 Å². The largest absolute Gasteiger partial charge is 0.495 e. The van der Waals surface area contributed by atoms with Crippen LogP contribution in [0.3, 0.4) is 0 Å². The van der Waals surface area contributed by atoms with Gasteiger partial charge in [0.25, 0.3) is 0 Å². The number of hydrogen-bond donors (Lipinski definition) is 0. The van der Waals surface area contributed by atoms with Crippen molar-refractivity contribution >= 4 is 17.7 Å². The average molecular weight is 438 g/mol. The van der Waals surface area contributed by atoms with Gasteiger partial charge >= 0.3 is 0 Å². The average Bonchev–Trinajstić information content (AvgIpc) is 3.27. The molecule has 3 aromatic rings. The maximum absolute atomic E-state index is 13.1. The number of nitrogens with zero attached hydrogens (tertiary/aromatic N) is 5. The molecule has 1 amide bonds. The van der Waals surface area contributed by atoms with Crippen LogP contribution in [0, 0.1) is 0 Å². The Morgan fingerprint density at radius 3 is 2.52 bits per heavy atom. The van der Waals surface area contributed by atoms with Gasteiger partial charge in [-0.15, -0.1) is 10.2 Å².